The second-order valence-electron chi connectivity index (χ2n) is 4.75. The molecule has 0 saturated carbocycles. The summed E-state index contributed by atoms with van der Waals surface area (Å²) in [5.41, 5.74) is 2.73. The van der Waals surface area contributed by atoms with Crippen LogP contribution in [0.5, 0.6) is 0 Å². The quantitative estimate of drug-likeness (QED) is 0.585. The van der Waals surface area contributed by atoms with E-state index in [1.165, 1.54) is 22.0 Å². The monoisotopic (exact) mass is 336 g/mol. The second kappa shape index (κ2) is 7.72. The summed E-state index contributed by atoms with van der Waals surface area (Å²) in [4.78, 5) is 0. The first-order valence-corrected chi connectivity index (χ1v) is 7.98. The SMILES string of the molecule is ClCC(CCCc1ccccc1)c1ccccc1Br. The van der Waals surface area contributed by atoms with Gasteiger partial charge >= 0.3 is 0 Å². The average Bonchev–Trinajstić information content (AvgIpc) is 2.46. The van der Waals surface area contributed by atoms with Crippen LogP contribution in [0.15, 0.2) is 59.1 Å². The Labute approximate surface area is 128 Å². The van der Waals surface area contributed by atoms with Gasteiger partial charge in [0.2, 0.25) is 0 Å². The minimum Gasteiger partial charge on any atom is -0.126 e. The van der Waals surface area contributed by atoms with Gasteiger partial charge in [-0.25, -0.2) is 0 Å². The van der Waals surface area contributed by atoms with Crippen LogP contribution in [-0.4, -0.2) is 5.88 Å². The van der Waals surface area contributed by atoms with Gasteiger partial charge in [0, 0.05) is 10.4 Å². The van der Waals surface area contributed by atoms with Crippen LogP contribution in [0.25, 0.3) is 0 Å². The van der Waals surface area contributed by atoms with Crippen molar-refractivity contribution >= 4 is 27.5 Å². The third-order valence-corrected chi connectivity index (χ3v) is 4.49. The lowest BCUT2D eigenvalue weighted by Crippen LogP contribution is -2.02. The third kappa shape index (κ3) is 4.36. The maximum absolute atomic E-state index is 6.13. The summed E-state index contributed by atoms with van der Waals surface area (Å²) < 4.78 is 1.17. The van der Waals surface area contributed by atoms with Crippen LogP contribution in [0.1, 0.15) is 29.9 Å². The highest BCUT2D eigenvalue weighted by molar-refractivity contribution is 9.10. The van der Waals surface area contributed by atoms with E-state index in [1.807, 2.05) is 6.07 Å². The van der Waals surface area contributed by atoms with Crippen LogP contribution >= 0.6 is 27.5 Å². The van der Waals surface area contributed by atoms with Gasteiger partial charge < -0.3 is 0 Å². The lowest BCUT2D eigenvalue weighted by Gasteiger charge is -2.16. The van der Waals surface area contributed by atoms with Gasteiger partial charge in [-0.3, -0.25) is 0 Å². The highest BCUT2D eigenvalue weighted by Gasteiger charge is 2.12. The molecule has 0 aliphatic heterocycles. The topological polar surface area (TPSA) is 0 Å². The minimum atomic E-state index is 0.431. The lowest BCUT2D eigenvalue weighted by atomic mass is 9.94. The van der Waals surface area contributed by atoms with Gasteiger partial charge in [0.15, 0.2) is 0 Å². The fourth-order valence-corrected chi connectivity index (χ4v) is 3.25. The van der Waals surface area contributed by atoms with Crippen LogP contribution < -0.4 is 0 Å². The summed E-state index contributed by atoms with van der Waals surface area (Å²) in [6.45, 7) is 0. The van der Waals surface area contributed by atoms with E-state index in [-0.39, 0.29) is 0 Å². The lowest BCUT2D eigenvalue weighted by molar-refractivity contribution is 0.636. The number of halogens is 2. The van der Waals surface area contributed by atoms with E-state index in [0.717, 1.165) is 12.8 Å². The molecule has 1 atom stereocenters. The largest absolute Gasteiger partial charge is 0.126 e. The molecular formula is C17H18BrCl. The van der Waals surface area contributed by atoms with Gasteiger partial charge in [-0.2, -0.15) is 0 Å². The van der Waals surface area contributed by atoms with Gasteiger partial charge in [-0.05, 0) is 42.4 Å². The second-order valence-corrected chi connectivity index (χ2v) is 5.91. The van der Waals surface area contributed by atoms with E-state index in [9.17, 15) is 0 Å². The van der Waals surface area contributed by atoms with Gasteiger partial charge in [0.1, 0.15) is 0 Å². The van der Waals surface area contributed by atoms with E-state index >= 15 is 0 Å². The fraction of sp³-hybridized carbons (Fsp3) is 0.294. The number of aryl methyl sites for hydroxylation is 1. The molecule has 0 bridgehead atoms. The first kappa shape index (κ1) is 14.6. The van der Waals surface area contributed by atoms with E-state index < -0.39 is 0 Å². The molecule has 0 aliphatic carbocycles. The molecule has 19 heavy (non-hydrogen) atoms. The van der Waals surface area contributed by atoms with Crippen LogP contribution in [0.4, 0.5) is 0 Å². The Morgan fingerprint density at radius 1 is 0.947 bits per heavy atom. The molecule has 100 valence electrons. The van der Waals surface area contributed by atoms with E-state index in [1.54, 1.807) is 0 Å². The summed E-state index contributed by atoms with van der Waals surface area (Å²) in [5, 5.41) is 0. The smallest absolute Gasteiger partial charge is 0.0292 e. The van der Waals surface area contributed by atoms with Crippen LogP contribution in [0, 0.1) is 0 Å². The normalized spacial score (nSPS) is 12.3. The number of hydrogen-bond acceptors (Lipinski definition) is 0. The zero-order chi connectivity index (χ0) is 13.5. The van der Waals surface area contributed by atoms with Gasteiger partial charge in [0.05, 0.1) is 0 Å². The van der Waals surface area contributed by atoms with Gasteiger partial charge in [-0.1, -0.05) is 64.5 Å². The van der Waals surface area contributed by atoms with E-state index in [4.69, 9.17) is 11.6 Å². The first-order valence-electron chi connectivity index (χ1n) is 6.65. The maximum Gasteiger partial charge on any atom is 0.0292 e. The number of hydrogen-bond donors (Lipinski definition) is 0. The molecule has 0 N–H and O–H groups in total. The van der Waals surface area contributed by atoms with E-state index in [0.29, 0.717) is 11.8 Å². The predicted molar refractivity (Wildman–Crippen MR) is 87.0 cm³/mol. The molecule has 0 aromatic heterocycles. The summed E-state index contributed by atoms with van der Waals surface area (Å²) >= 11 is 9.75. The molecule has 0 nitrogen and oxygen atoms in total. The maximum atomic E-state index is 6.13. The Balaban J connectivity index is 1.92. The summed E-state index contributed by atoms with van der Waals surface area (Å²) in [7, 11) is 0. The number of alkyl halides is 1. The first-order chi connectivity index (χ1) is 9.31. The van der Waals surface area contributed by atoms with Crippen molar-refractivity contribution in [2.45, 2.75) is 25.2 Å². The Kier molecular flexibility index (Phi) is 5.93. The summed E-state index contributed by atoms with van der Waals surface area (Å²) in [5.74, 6) is 1.11. The molecule has 0 spiro atoms. The van der Waals surface area contributed by atoms with Crippen LogP contribution in [0.2, 0.25) is 0 Å². The number of benzene rings is 2. The minimum absolute atomic E-state index is 0.431. The molecule has 0 amide bonds. The molecule has 2 aromatic rings. The van der Waals surface area contributed by atoms with Crippen molar-refractivity contribution in [3.05, 3.63) is 70.2 Å². The highest BCUT2D eigenvalue weighted by atomic mass is 79.9. The van der Waals surface area contributed by atoms with Crippen molar-refractivity contribution in [3.8, 4) is 0 Å². The Hall–Kier alpha value is -0.790. The molecule has 2 rings (SSSR count). The van der Waals surface area contributed by atoms with Crippen molar-refractivity contribution < 1.29 is 0 Å². The van der Waals surface area contributed by atoms with Crippen LogP contribution in [-0.2, 0) is 6.42 Å². The summed E-state index contributed by atoms with van der Waals surface area (Å²) in [6.07, 6.45) is 3.42. The molecule has 0 saturated heterocycles. The van der Waals surface area contributed by atoms with Crippen molar-refractivity contribution in [3.63, 3.8) is 0 Å². The van der Waals surface area contributed by atoms with Crippen molar-refractivity contribution in [1.82, 2.24) is 0 Å². The molecule has 2 aromatic carbocycles. The molecule has 1 unspecified atom stereocenters. The van der Waals surface area contributed by atoms with E-state index in [2.05, 4.69) is 64.5 Å². The molecule has 2 heteroatoms. The zero-order valence-corrected chi connectivity index (χ0v) is 13.2. The number of rotatable bonds is 6. The Morgan fingerprint density at radius 2 is 1.63 bits per heavy atom. The van der Waals surface area contributed by atoms with Crippen LogP contribution in [0.3, 0.4) is 0 Å². The predicted octanol–water partition coefficient (Wildman–Crippen LogP) is 5.79. The van der Waals surface area contributed by atoms with Crippen molar-refractivity contribution in [2.24, 2.45) is 0 Å². The Bertz CT molecular complexity index is 496. The molecule has 0 radical (unpaired) electrons. The molecular weight excluding hydrogens is 320 g/mol. The third-order valence-electron chi connectivity index (χ3n) is 3.39. The van der Waals surface area contributed by atoms with Crippen molar-refractivity contribution in [2.75, 3.05) is 5.88 Å². The highest BCUT2D eigenvalue weighted by Crippen LogP contribution is 2.29. The van der Waals surface area contributed by atoms with Crippen molar-refractivity contribution in [1.29, 1.82) is 0 Å². The molecule has 0 fully saturated rings. The standard InChI is InChI=1S/C17H18BrCl/c18-17-12-5-4-11-16(17)15(13-19)10-6-9-14-7-2-1-3-8-14/h1-5,7-8,11-12,15H,6,9-10,13H2. The van der Waals surface area contributed by atoms with Gasteiger partial charge in [0.25, 0.3) is 0 Å². The Morgan fingerprint density at radius 3 is 2.32 bits per heavy atom. The molecule has 0 heterocycles. The molecule has 0 aliphatic rings. The summed E-state index contributed by atoms with van der Waals surface area (Å²) in [6, 6.07) is 19.0. The zero-order valence-electron chi connectivity index (χ0n) is 10.9. The average molecular weight is 338 g/mol. The van der Waals surface area contributed by atoms with Gasteiger partial charge in [-0.15, -0.1) is 11.6 Å². The fourth-order valence-electron chi connectivity index (χ4n) is 2.32.